The lowest BCUT2D eigenvalue weighted by molar-refractivity contribution is 0.591. The van der Waals surface area contributed by atoms with E-state index in [1.54, 1.807) is 0 Å². The van der Waals surface area contributed by atoms with E-state index < -0.39 is 0 Å². The van der Waals surface area contributed by atoms with E-state index in [-0.39, 0.29) is 5.41 Å². The summed E-state index contributed by atoms with van der Waals surface area (Å²) in [6, 6.07) is 66.5. The van der Waals surface area contributed by atoms with Crippen LogP contribution in [0.3, 0.4) is 0 Å². The summed E-state index contributed by atoms with van der Waals surface area (Å²) < 4.78 is 0. The fourth-order valence-corrected chi connectivity index (χ4v) is 10.0. The SMILES string of the molecule is Cc1ccc(C)c(N(c2cc(-c3ccccc3)ccc2C)c2cc(N3c4cc(C)ccc4Cc4ccc(-c5ccccc5)cc43)c3ccc4cc(C(C)(C)C)cc5ccc2c3c54)c1. The molecule has 0 aromatic heterocycles. The number of rotatable bonds is 6. The molecule has 0 aliphatic carbocycles. The first kappa shape index (κ1) is 38.7. The minimum Gasteiger partial charge on any atom is -0.309 e. The van der Waals surface area contributed by atoms with Crippen molar-refractivity contribution in [1.82, 2.24) is 0 Å². The monoisotopic (exact) mass is 812 g/mol. The fourth-order valence-electron chi connectivity index (χ4n) is 10.0. The van der Waals surface area contributed by atoms with Crippen LogP contribution in [-0.2, 0) is 11.8 Å². The zero-order chi connectivity index (χ0) is 43.1. The highest BCUT2D eigenvalue weighted by Crippen LogP contribution is 2.54. The minimum atomic E-state index is 0.0110. The smallest absolute Gasteiger partial charge is 0.0561 e. The van der Waals surface area contributed by atoms with Crippen molar-refractivity contribution in [2.75, 3.05) is 9.80 Å². The Morgan fingerprint density at radius 1 is 0.413 bits per heavy atom. The van der Waals surface area contributed by atoms with Crippen molar-refractivity contribution in [2.24, 2.45) is 0 Å². The molecule has 0 fully saturated rings. The second-order valence-corrected chi connectivity index (χ2v) is 18.9. The molecule has 2 heteroatoms. The molecular weight excluding hydrogens is 761 g/mol. The molecule has 1 aliphatic rings. The molecule has 0 atom stereocenters. The van der Waals surface area contributed by atoms with Crippen molar-refractivity contribution in [2.45, 2.75) is 60.3 Å². The highest BCUT2D eigenvalue weighted by atomic mass is 15.2. The van der Waals surface area contributed by atoms with Gasteiger partial charge in [0.15, 0.2) is 0 Å². The number of hydrogen-bond donors (Lipinski definition) is 0. The van der Waals surface area contributed by atoms with Gasteiger partial charge in [0, 0.05) is 39.6 Å². The molecule has 0 amide bonds. The van der Waals surface area contributed by atoms with Gasteiger partial charge in [0.1, 0.15) is 0 Å². The van der Waals surface area contributed by atoms with Crippen molar-refractivity contribution in [3.8, 4) is 22.3 Å². The molecule has 0 saturated carbocycles. The Morgan fingerprint density at radius 2 is 0.952 bits per heavy atom. The standard InChI is InChI=1S/C61H52N2/c1-38-18-20-40(3)53(30-38)62(54-35-44(23-21-41(54)4)42-14-10-8-11-15-42)57-37-58(52-29-27-49-34-50(61(5,6)7)33-48-26-28-51(57)60(52)59(48)49)63-55-31-39(2)19-22-46(55)32-47-25-24-45(36-56(47)63)43-16-12-9-13-17-43/h8-31,33-37H,32H2,1-7H3. The average Bonchev–Trinajstić information content (AvgIpc) is 3.29. The minimum absolute atomic E-state index is 0.0110. The first-order chi connectivity index (χ1) is 30.5. The number of hydrogen-bond acceptors (Lipinski definition) is 2. The van der Waals surface area contributed by atoms with Crippen molar-refractivity contribution in [3.05, 3.63) is 215 Å². The first-order valence-electron chi connectivity index (χ1n) is 22.4. The zero-order valence-corrected chi connectivity index (χ0v) is 37.3. The average molecular weight is 813 g/mol. The van der Waals surface area contributed by atoms with Crippen LogP contribution in [0.5, 0.6) is 0 Å². The van der Waals surface area contributed by atoms with Crippen molar-refractivity contribution in [3.63, 3.8) is 0 Å². The van der Waals surface area contributed by atoms with Crippen LogP contribution in [0.1, 0.15) is 59.7 Å². The predicted molar refractivity (Wildman–Crippen MR) is 271 cm³/mol. The summed E-state index contributed by atoms with van der Waals surface area (Å²) in [6.07, 6.45) is 0.880. The third-order valence-electron chi connectivity index (χ3n) is 13.5. The fraction of sp³-hybridized carbons (Fsp3) is 0.148. The van der Waals surface area contributed by atoms with Gasteiger partial charge < -0.3 is 9.80 Å². The molecule has 0 unspecified atom stereocenters. The zero-order valence-electron chi connectivity index (χ0n) is 37.3. The van der Waals surface area contributed by atoms with E-state index in [9.17, 15) is 0 Å². The lowest BCUT2D eigenvalue weighted by atomic mass is 9.83. The summed E-state index contributed by atoms with van der Waals surface area (Å²) in [4.78, 5) is 5.17. The van der Waals surface area contributed by atoms with Crippen LogP contribution >= 0.6 is 0 Å². The van der Waals surface area contributed by atoms with E-state index in [1.165, 1.54) is 122 Å². The van der Waals surface area contributed by atoms with Crippen LogP contribution in [0.4, 0.5) is 34.1 Å². The first-order valence-corrected chi connectivity index (χ1v) is 22.4. The van der Waals surface area contributed by atoms with Crippen LogP contribution in [0.25, 0.3) is 54.6 Å². The lowest BCUT2D eigenvalue weighted by Gasteiger charge is -2.37. The Labute approximate surface area is 372 Å². The molecule has 10 aromatic carbocycles. The van der Waals surface area contributed by atoms with Gasteiger partial charge in [0.25, 0.3) is 0 Å². The maximum atomic E-state index is 2.60. The molecule has 63 heavy (non-hydrogen) atoms. The molecular formula is C61H52N2. The molecule has 2 nitrogen and oxygen atoms in total. The van der Waals surface area contributed by atoms with E-state index in [2.05, 4.69) is 234 Å². The number of anilines is 6. The molecule has 0 N–H and O–H groups in total. The second-order valence-electron chi connectivity index (χ2n) is 18.9. The number of nitrogens with zero attached hydrogens (tertiary/aromatic N) is 2. The van der Waals surface area contributed by atoms with Gasteiger partial charge >= 0.3 is 0 Å². The van der Waals surface area contributed by atoms with Crippen molar-refractivity contribution < 1.29 is 0 Å². The molecule has 306 valence electrons. The van der Waals surface area contributed by atoms with E-state index >= 15 is 0 Å². The molecule has 0 saturated heterocycles. The van der Waals surface area contributed by atoms with Gasteiger partial charge in [-0.25, -0.2) is 0 Å². The Balaban J connectivity index is 1.29. The summed E-state index contributed by atoms with van der Waals surface area (Å²) >= 11 is 0. The number of aryl methyl sites for hydroxylation is 4. The predicted octanol–water partition coefficient (Wildman–Crippen LogP) is 17.3. The summed E-state index contributed by atoms with van der Waals surface area (Å²) in [5.41, 5.74) is 20.9. The van der Waals surface area contributed by atoms with Gasteiger partial charge in [-0.2, -0.15) is 0 Å². The van der Waals surface area contributed by atoms with E-state index in [0.717, 1.165) is 12.1 Å². The van der Waals surface area contributed by atoms with Crippen molar-refractivity contribution in [1.29, 1.82) is 0 Å². The van der Waals surface area contributed by atoms with Gasteiger partial charge in [0.2, 0.25) is 0 Å². The summed E-state index contributed by atoms with van der Waals surface area (Å²) in [5.74, 6) is 0. The Hall–Kier alpha value is -7.16. The lowest BCUT2D eigenvalue weighted by Crippen LogP contribution is -2.20. The third kappa shape index (κ3) is 6.55. The van der Waals surface area contributed by atoms with E-state index in [4.69, 9.17) is 0 Å². The summed E-state index contributed by atoms with van der Waals surface area (Å²) in [5, 5.41) is 7.65. The molecule has 0 radical (unpaired) electrons. The van der Waals surface area contributed by atoms with Gasteiger partial charge in [0.05, 0.1) is 17.1 Å². The Kier molecular flexibility index (Phi) is 9.07. The maximum absolute atomic E-state index is 2.60. The Morgan fingerprint density at radius 3 is 1.62 bits per heavy atom. The van der Waals surface area contributed by atoms with E-state index in [0.29, 0.717) is 0 Å². The van der Waals surface area contributed by atoms with E-state index in [1.807, 2.05) is 0 Å². The molecule has 0 bridgehead atoms. The van der Waals surface area contributed by atoms with Gasteiger partial charge in [-0.05, 0) is 141 Å². The van der Waals surface area contributed by atoms with Crippen LogP contribution in [0.15, 0.2) is 176 Å². The molecule has 11 rings (SSSR count). The molecule has 10 aromatic rings. The van der Waals surface area contributed by atoms with Crippen molar-refractivity contribution >= 4 is 66.4 Å². The Bertz CT molecular complexity index is 3370. The highest BCUT2D eigenvalue weighted by molar-refractivity contribution is 6.29. The number of fused-ring (bicyclic) bond motifs is 2. The largest absolute Gasteiger partial charge is 0.309 e. The van der Waals surface area contributed by atoms with Crippen LogP contribution in [0, 0.1) is 27.7 Å². The van der Waals surface area contributed by atoms with Crippen LogP contribution in [0.2, 0.25) is 0 Å². The molecule has 0 spiro atoms. The summed E-state index contributed by atoms with van der Waals surface area (Å²) in [6.45, 7) is 15.9. The normalized spacial score (nSPS) is 12.6. The quantitative estimate of drug-likeness (QED) is 0.154. The molecule has 1 heterocycles. The third-order valence-corrected chi connectivity index (χ3v) is 13.5. The highest BCUT2D eigenvalue weighted by Gasteiger charge is 2.30. The van der Waals surface area contributed by atoms with Crippen LogP contribution < -0.4 is 9.80 Å². The van der Waals surface area contributed by atoms with Gasteiger partial charge in [-0.15, -0.1) is 0 Å². The summed E-state index contributed by atoms with van der Waals surface area (Å²) in [7, 11) is 0. The second kappa shape index (κ2) is 14.7. The number of benzene rings is 10. The van der Waals surface area contributed by atoms with Crippen LogP contribution in [-0.4, -0.2) is 0 Å². The molecule has 1 aliphatic heterocycles. The van der Waals surface area contributed by atoms with Gasteiger partial charge in [-0.3, -0.25) is 0 Å². The van der Waals surface area contributed by atoms with Gasteiger partial charge in [-0.1, -0.05) is 166 Å². The maximum Gasteiger partial charge on any atom is 0.0561 e. The topological polar surface area (TPSA) is 6.48 Å².